The normalized spacial score (nSPS) is 18.7. The van der Waals surface area contributed by atoms with Gasteiger partial charge in [-0.1, -0.05) is 82.3 Å². The molecule has 0 aromatic heterocycles. The summed E-state index contributed by atoms with van der Waals surface area (Å²) in [7, 11) is -3.10. The van der Waals surface area contributed by atoms with Crippen molar-refractivity contribution >= 4 is 29.6 Å². The third-order valence-corrected chi connectivity index (χ3v) is 9.91. The quantitative estimate of drug-likeness (QED) is 0.270. The molecule has 1 unspecified atom stereocenters. The van der Waals surface area contributed by atoms with Crippen LogP contribution in [0.25, 0.3) is 11.6 Å². The van der Waals surface area contributed by atoms with Crippen molar-refractivity contribution in [1.29, 1.82) is 0 Å². The highest BCUT2D eigenvalue weighted by Gasteiger charge is 2.37. The minimum absolute atomic E-state index is 0.195. The zero-order chi connectivity index (χ0) is 24.6. The highest BCUT2D eigenvalue weighted by molar-refractivity contribution is 7.74. The summed E-state index contributed by atoms with van der Waals surface area (Å²) < 4.78 is 19.6. The van der Waals surface area contributed by atoms with Crippen LogP contribution in [0.4, 0.5) is 0 Å². The molecule has 3 aromatic rings. The molecule has 0 aliphatic heterocycles. The molecule has 1 aliphatic carbocycles. The first-order chi connectivity index (χ1) is 16.1. The average Bonchev–Trinajstić information content (AvgIpc) is 2.83. The Labute approximate surface area is 205 Å². The Balaban J connectivity index is 1.65. The van der Waals surface area contributed by atoms with Crippen LogP contribution in [-0.2, 0) is 19.9 Å². The minimum atomic E-state index is -3.10. The van der Waals surface area contributed by atoms with E-state index in [0.717, 1.165) is 16.2 Å². The number of fused-ring (bicyclic) bond motifs is 1. The van der Waals surface area contributed by atoms with Crippen LogP contribution in [0.1, 0.15) is 76.6 Å². The number of hydrogen-bond acceptors (Lipinski definition) is 2. The number of hydrogen-bond donors (Lipinski definition) is 0. The van der Waals surface area contributed by atoms with Crippen LogP contribution in [0, 0.1) is 0 Å². The SMILES string of the molecule is CCOP(=O)(c1ccccc1)c1ccc(/C=C(\C)c2ccc3c(c2)C(C)(C)CCC3(C)C)cc1. The molecule has 0 amide bonds. The zero-order valence-electron chi connectivity index (χ0n) is 21.4. The van der Waals surface area contributed by atoms with E-state index in [1.807, 2.05) is 61.5 Å². The maximum absolute atomic E-state index is 13.8. The topological polar surface area (TPSA) is 26.3 Å². The fraction of sp³-hybridized carbons (Fsp3) is 0.355. The second-order valence-corrected chi connectivity index (χ2v) is 13.1. The van der Waals surface area contributed by atoms with E-state index in [4.69, 9.17) is 4.52 Å². The Hall–Kier alpha value is -2.41. The predicted molar refractivity (Wildman–Crippen MR) is 147 cm³/mol. The van der Waals surface area contributed by atoms with Gasteiger partial charge in [-0.15, -0.1) is 0 Å². The molecule has 0 spiro atoms. The molecular weight excluding hydrogens is 435 g/mol. The predicted octanol–water partition coefficient (Wildman–Crippen LogP) is 7.86. The molecule has 0 N–H and O–H groups in total. The molecule has 0 saturated heterocycles. The summed E-state index contributed by atoms with van der Waals surface area (Å²) in [6, 6.07) is 24.5. The lowest BCUT2D eigenvalue weighted by Crippen LogP contribution is -2.33. The minimum Gasteiger partial charge on any atom is -0.322 e. The molecule has 34 heavy (non-hydrogen) atoms. The highest BCUT2D eigenvalue weighted by atomic mass is 31.2. The number of benzene rings is 3. The van der Waals surface area contributed by atoms with Gasteiger partial charge in [-0.2, -0.15) is 0 Å². The molecule has 0 radical (unpaired) electrons. The fourth-order valence-electron chi connectivity index (χ4n) is 5.04. The molecule has 3 aromatic carbocycles. The molecule has 1 aliphatic rings. The third-order valence-electron chi connectivity index (χ3n) is 7.33. The van der Waals surface area contributed by atoms with Crippen LogP contribution < -0.4 is 10.6 Å². The Morgan fingerprint density at radius 3 is 2.06 bits per heavy atom. The van der Waals surface area contributed by atoms with Gasteiger partial charge >= 0.3 is 0 Å². The van der Waals surface area contributed by atoms with Gasteiger partial charge in [0.2, 0.25) is 0 Å². The van der Waals surface area contributed by atoms with Gasteiger partial charge in [-0.25, -0.2) is 0 Å². The fourth-order valence-corrected chi connectivity index (χ4v) is 7.10. The number of rotatable bonds is 6. The lowest BCUT2D eigenvalue weighted by molar-refractivity contribution is 0.332. The van der Waals surface area contributed by atoms with E-state index in [-0.39, 0.29) is 10.8 Å². The summed E-state index contributed by atoms with van der Waals surface area (Å²) >= 11 is 0. The first-order valence-corrected chi connectivity index (χ1v) is 13.9. The van der Waals surface area contributed by atoms with Gasteiger partial charge in [-0.3, -0.25) is 4.57 Å². The maximum Gasteiger partial charge on any atom is 0.261 e. The lowest BCUT2D eigenvalue weighted by Gasteiger charge is -2.42. The lowest BCUT2D eigenvalue weighted by atomic mass is 9.63. The van der Waals surface area contributed by atoms with E-state index < -0.39 is 7.37 Å². The average molecular weight is 473 g/mol. The largest absolute Gasteiger partial charge is 0.322 e. The second-order valence-electron chi connectivity index (χ2n) is 10.8. The van der Waals surface area contributed by atoms with E-state index in [9.17, 15) is 4.57 Å². The molecule has 1 atom stereocenters. The van der Waals surface area contributed by atoms with Gasteiger partial charge in [0, 0.05) is 10.6 Å². The third kappa shape index (κ3) is 4.72. The van der Waals surface area contributed by atoms with Crippen LogP contribution in [-0.4, -0.2) is 6.61 Å². The van der Waals surface area contributed by atoms with Gasteiger partial charge in [0.15, 0.2) is 0 Å². The summed E-state index contributed by atoms with van der Waals surface area (Å²) in [5.41, 5.74) is 6.96. The van der Waals surface area contributed by atoms with Gasteiger partial charge < -0.3 is 4.52 Å². The van der Waals surface area contributed by atoms with Gasteiger partial charge in [0.25, 0.3) is 7.37 Å². The van der Waals surface area contributed by atoms with Crippen LogP contribution in [0.3, 0.4) is 0 Å². The van der Waals surface area contributed by atoms with Gasteiger partial charge in [-0.05, 0) is 89.6 Å². The van der Waals surface area contributed by atoms with E-state index in [1.54, 1.807) is 0 Å². The van der Waals surface area contributed by atoms with E-state index in [2.05, 4.69) is 58.9 Å². The maximum atomic E-state index is 13.8. The first kappa shape index (κ1) is 24.7. The van der Waals surface area contributed by atoms with Crippen LogP contribution in [0.5, 0.6) is 0 Å². The first-order valence-electron chi connectivity index (χ1n) is 12.3. The van der Waals surface area contributed by atoms with Crippen LogP contribution in [0.2, 0.25) is 0 Å². The molecule has 0 saturated carbocycles. The standard InChI is InChI=1S/C31H37O2P/c1-7-33-34(32,26-11-9-8-10-12-26)27-16-13-24(14-17-27)21-23(2)25-15-18-28-29(22-25)31(5,6)20-19-30(28,3)4/h8-18,21-22H,7,19-20H2,1-6H3/b23-21+. The van der Waals surface area contributed by atoms with Crippen molar-refractivity contribution in [3.8, 4) is 0 Å². The number of allylic oxidation sites excluding steroid dienone is 1. The Morgan fingerprint density at radius 1 is 0.853 bits per heavy atom. The Bertz CT molecular complexity index is 1230. The Kier molecular flexibility index (Phi) is 6.78. The summed E-state index contributed by atoms with van der Waals surface area (Å²) in [5, 5.41) is 1.46. The van der Waals surface area contributed by atoms with E-state index in [1.165, 1.54) is 35.1 Å². The van der Waals surface area contributed by atoms with Crippen molar-refractivity contribution in [3.05, 3.63) is 95.1 Å². The highest BCUT2D eigenvalue weighted by Crippen LogP contribution is 2.47. The molecule has 0 heterocycles. The van der Waals surface area contributed by atoms with Crippen molar-refractivity contribution in [1.82, 2.24) is 0 Å². The molecule has 178 valence electrons. The molecule has 3 heteroatoms. The zero-order valence-corrected chi connectivity index (χ0v) is 22.3. The van der Waals surface area contributed by atoms with Crippen molar-refractivity contribution in [2.24, 2.45) is 0 Å². The van der Waals surface area contributed by atoms with Gasteiger partial charge in [0.1, 0.15) is 0 Å². The molecule has 0 fully saturated rings. The van der Waals surface area contributed by atoms with Crippen LogP contribution >= 0.6 is 7.37 Å². The van der Waals surface area contributed by atoms with Crippen LogP contribution in [0.15, 0.2) is 72.8 Å². The molecule has 2 nitrogen and oxygen atoms in total. The van der Waals surface area contributed by atoms with Crippen molar-refractivity contribution in [3.63, 3.8) is 0 Å². The summed E-state index contributed by atoms with van der Waals surface area (Å²) in [5.74, 6) is 0. The van der Waals surface area contributed by atoms with E-state index >= 15 is 0 Å². The Morgan fingerprint density at radius 2 is 1.44 bits per heavy atom. The van der Waals surface area contributed by atoms with Gasteiger partial charge in [0.05, 0.1) is 6.61 Å². The van der Waals surface area contributed by atoms with Crippen molar-refractivity contribution in [2.45, 2.75) is 65.2 Å². The smallest absolute Gasteiger partial charge is 0.261 e. The van der Waals surface area contributed by atoms with Crippen molar-refractivity contribution in [2.75, 3.05) is 6.61 Å². The van der Waals surface area contributed by atoms with E-state index in [0.29, 0.717) is 6.61 Å². The van der Waals surface area contributed by atoms with Crippen molar-refractivity contribution < 1.29 is 9.09 Å². The molecular formula is C31H37O2P. The monoisotopic (exact) mass is 472 g/mol. The summed E-state index contributed by atoms with van der Waals surface area (Å²) in [6.07, 6.45) is 4.64. The molecule has 4 rings (SSSR count). The summed E-state index contributed by atoms with van der Waals surface area (Å²) in [6.45, 7) is 13.9. The molecule has 0 bridgehead atoms. The second kappa shape index (κ2) is 9.33. The summed E-state index contributed by atoms with van der Waals surface area (Å²) in [4.78, 5) is 0.